The molecule has 2 aliphatic heterocycles. The number of likely N-dealkylation sites (N-methyl/N-ethyl adjacent to an activating group) is 1. The molecule has 0 bridgehead atoms. The molecule has 2 fully saturated rings. The van der Waals surface area contributed by atoms with Crippen LogP contribution in [-0.4, -0.2) is 67.0 Å². The normalized spacial score (nSPS) is 22.1. The molecule has 0 aliphatic carbocycles. The lowest BCUT2D eigenvalue weighted by molar-refractivity contribution is -0.129. The zero-order valence-corrected chi connectivity index (χ0v) is 14.6. The fourth-order valence-corrected chi connectivity index (χ4v) is 3.58. The van der Waals surface area contributed by atoms with E-state index in [1.165, 1.54) is 4.90 Å². The smallest absolute Gasteiger partial charge is 0.327 e. The monoisotopic (exact) mass is 331 g/mol. The highest BCUT2D eigenvalue weighted by molar-refractivity contribution is 6.04. The van der Waals surface area contributed by atoms with Gasteiger partial charge in [0.05, 0.1) is 19.7 Å². The second-order valence-corrected chi connectivity index (χ2v) is 6.69. The highest BCUT2D eigenvalue weighted by Crippen LogP contribution is 2.30. The molecule has 1 aromatic carbocycles. The van der Waals surface area contributed by atoms with Crippen molar-refractivity contribution < 1.29 is 14.3 Å². The van der Waals surface area contributed by atoms with Gasteiger partial charge in [-0.05, 0) is 51.1 Å². The maximum Gasteiger partial charge on any atom is 0.327 e. The van der Waals surface area contributed by atoms with Gasteiger partial charge in [0, 0.05) is 6.54 Å². The first kappa shape index (κ1) is 16.8. The van der Waals surface area contributed by atoms with Crippen LogP contribution in [0.25, 0.3) is 0 Å². The zero-order valence-electron chi connectivity index (χ0n) is 14.6. The molecule has 2 aliphatic rings. The minimum absolute atomic E-state index is 0.0369. The number of rotatable bonds is 5. The highest BCUT2D eigenvalue weighted by atomic mass is 16.5. The van der Waals surface area contributed by atoms with E-state index >= 15 is 0 Å². The second kappa shape index (κ2) is 6.81. The summed E-state index contributed by atoms with van der Waals surface area (Å²) in [7, 11) is 5.57. The van der Waals surface area contributed by atoms with Crippen LogP contribution in [0.2, 0.25) is 0 Å². The van der Waals surface area contributed by atoms with Crippen molar-refractivity contribution in [1.29, 1.82) is 0 Å². The Morgan fingerprint density at radius 1 is 1.21 bits per heavy atom. The fraction of sp³-hybridized carbons (Fsp3) is 0.556. The Balaban J connectivity index is 1.80. The number of amides is 3. The molecule has 2 heterocycles. The molecule has 0 spiro atoms. The number of nitrogens with zero attached hydrogens (tertiary/aromatic N) is 3. The molecule has 2 saturated heterocycles. The average Bonchev–Trinajstić information content (AvgIpc) is 2.84. The van der Waals surface area contributed by atoms with E-state index in [-0.39, 0.29) is 24.0 Å². The van der Waals surface area contributed by atoms with E-state index in [9.17, 15) is 9.59 Å². The van der Waals surface area contributed by atoms with Crippen LogP contribution in [-0.2, 0) is 4.79 Å². The number of methoxy groups -OCH3 is 1. The number of hydrogen-bond donors (Lipinski definition) is 0. The van der Waals surface area contributed by atoms with Crippen LogP contribution in [0, 0.1) is 0 Å². The summed E-state index contributed by atoms with van der Waals surface area (Å²) in [5.41, 5.74) is 1.06. The SMILES string of the molecule is COc1ccc([C@@H](CN2C(=O)[C@H]3CCCCN3C2=O)N(C)C)cc1. The molecule has 6 nitrogen and oxygen atoms in total. The van der Waals surface area contributed by atoms with Crippen LogP contribution in [0.4, 0.5) is 4.79 Å². The van der Waals surface area contributed by atoms with Crippen molar-refractivity contribution >= 4 is 11.9 Å². The lowest BCUT2D eigenvalue weighted by Crippen LogP contribution is -2.40. The Bertz CT molecular complexity index is 590. The molecule has 3 rings (SSSR count). The first-order valence-electron chi connectivity index (χ1n) is 8.45. The van der Waals surface area contributed by atoms with Crippen molar-refractivity contribution in [2.45, 2.75) is 31.3 Å². The van der Waals surface area contributed by atoms with Gasteiger partial charge in [-0.2, -0.15) is 0 Å². The topological polar surface area (TPSA) is 53.1 Å². The zero-order chi connectivity index (χ0) is 17.3. The summed E-state index contributed by atoms with van der Waals surface area (Å²) in [5, 5.41) is 0. The van der Waals surface area contributed by atoms with Crippen LogP contribution >= 0.6 is 0 Å². The summed E-state index contributed by atoms with van der Waals surface area (Å²) in [5.74, 6) is 0.752. The van der Waals surface area contributed by atoms with Gasteiger partial charge in [0.2, 0.25) is 0 Å². The average molecular weight is 331 g/mol. The van der Waals surface area contributed by atoms with Crippen molar-refractivity contribution in [2.75, 3.05) is 34.3 Å². The minimum Gasteiger partial charge on any atom is -0.497 e. The third kappa shape index (κ3) is 2.98. The van der Waals surface area contributed by atoms with E-state index in [0.717, 1.165) is 30.6 Å². The number of piperidine rings is 1. The Kier molecular flexibility index (Phi) is 4.76. The molecule has 6 heteroatoms. The molecular weight excluding hydrogens is 306 g/mol. The van der Waals surface area contributed by atoms with Crippen molar-refractivity contribution in [1.82, 2.24) is 14.7 Å². The van der Waals surface area contributed by atoms with Crippen molar-refractivity contribution in [3.8, 4) is 5.75 Å². The van der Waals surface area contributed by atoms with E-state index in [2.05, 4.69) is 0 Å². The Morgan fingerprint density at radius 2 is 1.92 bits per heavy atom. The summed E-state index contributed by atoms with van der Waals surface area (Å²) >= 11 is 0. The van der Waals surface area contributed by atoms with Crippen molar-refractivity contribution in [3.05, 3.63) is 29.8 Å². The molecule has 0 N–H and O–H groups in total. The van der Waals surface area contributed by atoms with E-state index < -0.39 is 0 Å². The fourth-order valence-electron chi connectivity index (χ4n) is 3.58. The Labute approximate surface area is 143 Å². The van der Waals surface area contributed by atoms with Gasteiger partial charge in [-0.3, -0.25) is 9.69 Å². The van der Waals surface area contributed by atoms with Crippen LogP contribution in [0.5, 0.6) is 5.75 Å². The number of urea groups is 1. The van der Waals surface area contributed by atoms with Crippen LogP contribution < -0.4 is 4.74 Å². The maximum absolute atomic E-state index is 12.7. The van der Waals surface area contributed by atoms with E-state index in [0.29, 0.717) is 13.1 Å². The summed E-state index contributed by atoms with van der Waals surface area (Å²) in [6.07, 6.45) is 2.79. The standard InChI is InChI=1S/C18H25N3O3/c1-19(2)16(13-7-9-14(24-3)10-8-13)12-21-17(22)15-6-4-5-11-20(15)18(21)23/h7-10,15-16H,4-6,11-12H2,1-3H3/t15-,16-/m1/s1. The summed E-state index contributed by atoms with van der Waals surface area (Å²) in [6.45, 7) is 1.07. The van der Waals surface area contributed by atoms with Crippen molar-refractivity contribution in [3.63, 3.8) is 0 Å². The largest absolute Gasteiger partial charge is 0.497 e. The first-order valence-corrected chi connectivity index (χ1v) is 8.45. The molecular formula is C18H25N3O3. The minimum atomic E-state index is -0.245. The Morgan fingerprint density at radius 3 is 2.50 bits per heavy atom. The molecule has 24 heavy (non-hydrogen) atoms. The van der Waals surface area contributed by atoms with Gasteiger partial charge >= 0.3 is 6.03 Å². The lowest BCUT2D eigenvalue weighted by atomic mass is 10.0. The number of fused-ring (bicyclic) bond motifs is 1. The highest BCUT2D eigenvalue weighted by Gasteiger charge is 2.46. The van der Waals surface area contributed by atoms with Gasteiger partial charge in [-0.25, -0.2) is 4.79 Å². The van der Waals surface area contributed by atoms with Gasteiger partial charge in [0.25, 0.3) is 5.91 Å². The van der Waals surface area contributed by atoms with Crippen LogP contribution in [0.3, 0.4) is 0 Å². The van der Waals surface area contributed by atoms with E-state index in [4.69, 9.17) is 4.74 Å². The van der Waals surface area contributed by atoms with Gasteiger partial charge < -0.3 is 14.5 Å². The maximum atomic E-state index is 12.7. The quantitative estimate of drug-likeness (QED) is 0.776. The molecule has 2 atom stereocenters. The predicted molar refractivity (Wildman–Crippen MR) is 90.9 cm³/mol. The number of carbonyl (C=O) groups excluding carboxylic acids is 2. The van der Waals surface area contributed by atoms with E-state index in [1.807, 2.05) is 43.3 Å². The number of hydrogen-bond acceptors (Lipinski definition) is 4. The third-order valence-corrected chi connectivity index (χ3v) is 5.01. The number of imide groups is 1. The molecule has 0 radical (unpaired) electrons. The molecule has 1 aromatic rings. The molecule has 130 valence electrons. The van der Waals surface area contributed by atoms with Gasteiger partial charge in [-0.1, -0.05) is 12.1 Å². The van der Waals surface area contributed by atoms with E-state index in [1.54, 1.807) is 12.0 Å². The first-order chi connectivity index (χ1) is 11.5. The Hall–Kier alpha value is -2.08. The van der Waals surface area contributed by atoms with Gasteiger partial charge in [-0.15, -0.1) is 0 Å². The summed E-state index contributed by atoms with van der Waals surface area (Å²) in [6, 6.07) is 7.37. The summed E-state index contributed by atoms with van der Waals surface area (Å²) < 4.78 is 5.20. The molecule has 0 unspecified atom stereocenters. The van der Waals surface area contributed by atoms with Crippen LogP contribution in [0.1, 0.15) is 30.9 Å². The third-order valence-electron chi connectivity index (χ3n) is 5.01. The molecule has 0 aromatic heterocycles. The lowest BCUT2D eigenvalue weighted by Gasteiger charge is -2.28. The number of benzene rings is 1. The van der Waals surface area contributed by atoms with Gasteiger partial charge in [0.15, 0.2) is 0 Å². The number of carbonyl (C=O) groups is 2. The molecule has 3 amide bonds. The second-order valence-electron chi connectivity index (χ2n) is 6.69. The van der Waals surface area contributed by atoms with Crippen LogP contribution in [0.15, 0.2) is 24.3 Å². The molecule has 0 saturated carbocycles. The number of ether oxygens (including phenoxy) is 1. The van der Waals surface area contributed by atoms with Crippen molar-refractivity contribution in [2.24, 2.45) is 0 Å². The summed E-state index contributed by atoms with van der Waals surface area (Å²) in [4.78, 5) is 30.5. The van der Waals surface area contributed by atoms with Gasteiger partial charge in [0.1, 0.15) is 11.8 Å². The predicted octanol–water partition coefficient (Wildman–Crippen LogP) is 2.11.